The first kappa shape index (κ1) is 31.6. The van der Waals surface area contributed by atoms with E-state index in [4.69, 9.17) is 0 Å². The SMILES string of the molecule is c1ccc(-c2cccc3cc4ccc5cc6cc7ccccc7cc6cc5c4cc23)c(-c2cccc3cc4ccc5cc6cc7ccccc7cc6cc5c4cc23)c1. The van der Waals surface area contributed by atoms with E-state index in [1.807, 2.05) is 0 Å². The third-order valence-corrected chi connectivity index (χ3v) is 12.8. The monoisotopic (exact) mass is 730 g/mol. The number of hydrogen-bond acceptors (Lipinski definition) is 0. The lowest BCUT2D eigenvalue weighted by Crippen LogP contribution is -1.90. The van der Waals surface area contributed by atoms with Crippen molar-refractivity contribution in [3.63, 3.8) is 0 Å². The second-order valence-corrected chi connectivity index (χ2v) is 16.1. The lowest BCUT2D eigenvalue weighted by Gasteiger charge is -2.16. The van der Waals surface area contributed by atoms with Crippen LogP contribution >= 0.6 is 0 Å². The minimum Gasteiger partial charge on any atom is -0.0616 e. The Bertz CT molecular complexity index is 3650. The molecule has 0 heteroatoms. The van der Waals surface area contributed by atoms with Crippen molar-refractivity contribution in [2.24, 2.45) is 0 Å². The van der Waals surface area contributed by atoms with Crippen molar-refractivity contribution in [1.29, 1.82) is 0 Å². The molecular formula is C58H34. The summed E-state index contributed by atoms with van der Waals surface area (Å²) in [5, 5.41) is 25.5. The molecule has 0 fully saturated rings. The molecule has 13 aromatic rings. The van der Waals surface area contributed by atoms with Crippen LogP contribution in [-0.4, -0.2) is 0 Å². The van der Waals surface area contributed by atoms with E-state index in [2.05, 4.69) is 206 Å². The van der Waals surface area contributed by atoms with E-state index in [9.17, 15) is 0 Å². The van der Waals surface area contributed by atoms with E-state index in [-0.39, 0.29) is 0 Å². The zero-order valence-electron chi connectivity index (χ0n) is 31.6. The standard InChI is InChI=1S/C58H34/c1-3-11-37-25-47-31-53-43(29-45(47)23-35(37)9-1)21-19-41-27-39-13-7-17-51(55(39)33-57(41)53)49-15-5-6-16-50(49)52-18-8-14-40-28-42-20-22-44-30-46-24-36-10-2-4-12-38(36)26-48(46)32-54(44)58(42)34-56(40)52/h1-34H. The smallest absolute Gasteiger partial charge is 0.00986 e. The van der Waals surface area contributed by atoms with Gasteiger partial charge in [0.05, 0.1) is 0 Å². The molecule has 13 rings (SSSR count). The number of benzene rings is 13. The van der Waals surface area contributed by atoms with E-state index < -0.39 is 0 Å². The predicted octanol–water partition coefficient (Wildman–Crippen LogP) is 16.6. The van der Waals surface area contributed by atoms with Crippen LogP contribution in [0.15, 0.2) is 206 Å². The molecule has 0 aliphatic carbocycles. The summed E-state index contributed by atoms with van der Waals surface area (Å²) in [5.41, 5.74) is 4.99. The van der Waals surface area contributed by atoms with E-state index in [1.54, 1.807) is 0 Å². The number of hydrogen-bond donors (Lipinski definition) is 0. The van der Waals surface area contributed by atoms with Crippen molar-refractivity contribution in [2.45, 2.75) is 0 Å². The Balaban J connectivity index is 1.02. The molecule has 0 spiro atoms. The minimum absolute atomic E-state index is 1.24. The van der Waals surface area contributed by atoms with Crippen LogP contribution in [0, 0.1) is 0 Å². The van der Waals surface area contributed by atoms with E-state index >= 15 is 0 Å². The first-order valence-electron chi connectivity index (χ1n) is 20.2. The van der Waals surface area contributed by atoms with Crippen LogP contribution in [0.5, 0.6) is 0 Å². The molecular weight excluding hydrogens is 697 g/mol. The van der Waals surface area contributed by atoms with Gasteiger partial charge < -0.3 is 0 Å². The maximum atomic E-state index is 2.45. The Kier molecular flexibility index (Phi) is 6.54. The molecule has 0 aliphatic rings. The Morgan fingerprint density at radius 2 is 0.397 bits per heavy atom. The van der Waals surface area contributed by atoms with Crippen LogP contribution in [0.2, 0.25) is 0 Å². The van der Waals surface area contributed by atoms with Gasteiger partial charge in [0, 0.05) is 0 Å². The van der Waals surface area contributed by atoms with Gasteiger partial charge in [-0.2, -0.15) is 0 Å². The summed E-state index contributed by atoms with van der Waals surface area (Å²) in [6.45, 7) is 0. The average molecular weight is 731 g/mol. The lowest BCUT2D eigenvalue weighted by atomic mass is 9.87. The fourth-order valence-electron chi connectivity index (χ4n) is 9.97. The van der Waals surface area contributed by atoms with Gasteiger partial charge >= 0.3 is 0 Å². The maximum absolute atomic E-state index is 2.45. The highest BCUT2D eigenvalue weighted by molar-refractivity contribution is 6.20. The van der Waals surface area contributed by atoms with Crippen LogP contribution in [0.3, 0.4) is 0 Å². The molecule has 0 bridgehead atoms. The average Bonchev–Trinajstić information content (AvgIpc) is 3.27. The Hall–Kier alpha value is -7.54. The molecule has 58 heavy (non-hydrogen) atoms. The summed E-state index contributed by atoms with van der Waals surface area (Å²) in [6, 6.07) is 77.6. The maximum Gasteiger partial charge on any atom is -0.00986 e. The largest absolute Gasteiger partial charge is 0.0616 e. The molecule has 0 saturated heterocycles. The van der Waals surface area contributed by atoms with Gasteiger partial charge in [-0.1, -0.05) is 133 Å². The van der Waals surface area contributed by atoms with Crippen molar-refractivity contribution in [1.82, 2.24) is 0 Å². The van der Waals surface area contributed by atoms with Crippen LogP contribution in [-0.2, 0) is 0 Å². The fourth-order valence-corrected chi connectivity index (χ4v) is 9.97. The third-order valence-electron chi connectivity index (χ3n) is 12.8. The summed E-state index contributed by atoms with van der Waals surface area (Å²) in [6.07, 6.45) is 0. The first-order chi connectivity index (χ1) is 28.7. The summed E-state index contributed by atoms with van der Waals surface area (Å²) in [7, 11) is 0. The Morgan fingerprint density at radius 3 is 0.793 bits per heavy atom. The molecule has 0 aliphatic heterocycles. The fraction of sp³-hybridized carbons (Fsp3) is 0. The molecule has 0 radical (unpaired) electrons. The summed E-state index contributed by atoms with van der Waals surface area (Å²) < 4.78 is 0. The van der Waals surface area contributed by atoms with Gasteiger partial charge in [-0.25, -0.2) is 0 Å². The molecule has 266 valence electrons. The van der Waals surface area contributed by atoms with Crippen LogP contribution in [0.4, 0.5) is 0 Å². The van der Waals surface area contributed by atoms with E-state index in [0.717, 1.165) is 0 Å². The predicted molar refractivity (Wildman–Crippen MR) is 252 cm³/mol. The summed E-state index contributed by atoms with van der Waals surface area (Å²) in [5.74, 6) is 0. The van der Waals surface area contributed by atoms with Crippen LogP contribution in [0.1, 0.15) is 0 Å². The van der Waals surface area contributed by atoms with Gasteiger partial charge in [0.1, 0.15) is 0 Å². The van der Waals surface area contributed by atoms with E-state index in [0.29, 0.717) is 0 Å². The van der Waals surface area contributed by atoms with Crippen LogP contribution < -0.4 is 0 Å². The highest BCUT2D eigenvalue weighted by atomic mass is 14.2. The highest BCUT2D eigenvalue weighted by Gasteiger charge is 2.16. The first-order valence-corrected chi connectivity index (χ1v) is 20.2. The van der Waals surface area contributed by atoms with Crippen molar-refractivity contribution in [3.8, 4) is 22.3 Å². The second-order valence-electron chi connectivity index (χ2n) is 16.1. The molecule has 0 saturated carbocycles. The third kappa shape index (κ3) is 4.76. The Morgan fingerprint density at radius 1 is 0.138 bits per heavy atom. The quantitative estimate of drug-likeness (QED) is 0.123. The highest BCUT2D eigenvalue weighted by Crippen LogP contribution is 2.43. The topological polar surface area (TPSA) is 0 Å². The van der Waals surface area contributed by atoms with Crippen LogP contribution in [0.25, 0.3) is 130 Å². The van der Waals surface area contributed by atoms with Gasteiger partial charge in [-0.15, -0.1) is 0 Å². The summed E-state index contributed by atoms with van der Waals surface area (Å²) in [4.78, 5) is 0. The van der Waals surface area contributed by atoms with E-state index in [1.165, 1.54) is 130 Å². The molecule has 0 nitrogen and oxygen atoms in total. The molecule has 0 aromatic heterocycles. The normalized spacial score (nSPS) is 12.1. The van der Waals surface area contributed by atoms with Gasteiger partial charge in [0.25, 0.3) is 0 Å². The Labute approximate surface area is 334 Å². The molecule has 0 atom stereocenters. The van der Waals surface area contributed by atoms with Gasteiger partial charge in [0.2, 0.25) is 0 Å². The zero-order chi connectivity index (χ0) is 37.9. The van der Waals surface area contributed by atoms with Gasteiger partial charge in [0.15, 0.2) is 0 Å². The molecule has 0 unspecified atom stereocenters. The molecule has 13 aromatic carbocycles. The number of fused-ring (bicyclic) bond motifs is 12. The van der Waals surface area contributed by atoms with Crippen molar-refractivity contribution in [3.05, 3.63) is 206 Å². The summed E-state index contributed by atoms with van der Waals surface area (Å²) >= 11 is 0. The van der Waals surface area contributed by atoms with Crippen molar-refractivity contribution in [2.75, 3.05) is 0 Å². The number of rotatable bonds is 2. The molecule has 0 heterocycles. The van der Waals surface area contributed by atoms with Crippen molar-refractivity contribution < 1.29 is 0 Å². The zero-order valence-corrected chi connectivity index (χ0v) is 31.6. The molecule has 0 amide bonds. The van der Waals surface area contributed by atoms with Crippen molar-refractivity contribution >= 4 is 108 Å². The molecule has 0 N–H and O–H groups in total. The second kappa shape index (κ2) is 12.0. The van der Waals surface area contributed by atoms with Gasteiger partial charge in [-0.3, -0.25) is 0 Å². The minimum atomic E-state index is 1.24. The van der Waals surface area contributed by atoms with Gasteiger partial charge in [-0.05, 0) is 203 Å². The lowest BCUT2D eigenvalue weighted by molar-refractivity contribution is 1.63.